The van der Waals surface area contributed by atoms with Crippen LogP contribution < -0.4 is 10.2 Å². The van der Waals surface area contributed by atoms with E-state index < -0.39 is 0 Å². The summed E-state index contributed by atoms with van der Waals surface area (Å²) in [5, 5.41) is 3.39. The molecule has 6 nitrogen and oxygen atoms in total. The van der Waals surface area contributed by atoms with Gasteiger partial charge in [0.05, 0.1) is 5.56 Å². The third kappa shape index (κ3) is 3.39. The molecule has 1 saturated heterocycles. The first-order valence-corrected chi connectivity index (χ1v) is 9.56. The first kappa shape index (κ1) is 17.5. The number of hydrogen-bond donors (Lipinski definition) is 1. The Morgan fingerprint density at radius 3 is 2.89 bits per heavy atom. The molecule has 4 rings (SSSR count). The molecule has 0 radical (unpaired) electrons. The van der Waals surface area contributed by atoms with E-state index in [9.17, 15) is 9.59 Å². The number of nitrogens with one attached hydrogen (secondary N) is 1. The maximum atomic E-state index is 13.2. The van der Waals surface area contributed by atoms with E-state index in [4.69, 9.17) is 0 Å². The van der Waals surface area contributed by atoms with Crippen molar-refractivity contribution in [2.24, 2.45) is 0 Å². The van der Waals surface area contributed by atoms with Crippen LogP contribution in [0.15, 0.2) is 42.6 Å². The minimum atomic E-state index is -0.0324. The van der Waals surface area contributed by atoms with Crippen molar-refractivity contribution in [3.8, 4) is 0 Å². The minimum absolute atomic E-state index is 0.0324. The van der Waals surface area contributed by atoms with Gasteiger partial charge in [-0.05, 0) is 36.6 Å². The molecule has 140 valence electrons. The van der Waals surface area contributed by atoms with E-state index >= 15 is 0 Å². The second-order valence-electron chi connectivity index (χ2n) is 7.06. The van der Waals surface area contributed by atoms with Gasteiger partial charge in [-0.15, -0.1) is 0 Å². The molecule has 27 heavy (non-hydrogen) atoms. The van der Waals surface area contributed by atoms with Crippen LogP contribution in [0.2, 0.25) is 0 Å². The number of benzene rings is 1. The molecule has 2 aromatic rings. The third-order valence-corrected chi connectivity index (χ3v) is 5.35. The summed E-state index contributed by atoms with van der Waals surface area (Å²) in [6.45, 7) is 3.98. The number of nitrogens with zero attached hydrogens (tertiary/aromatic N) is 3. The number of carbonyl (C=O) groups is 2. The van der Waals surface area contributed by atoms with Crippen LogP contribution >= 0.6 is 0 Å². The molecule has 1 aromatic carbocycles. The van der Waals surface area contributed by atoms with Gasteiger partial charge >= 0.3 is 0 Å². The molecule has 0 saturated carbocycles. The average molecular weight is 364 g/mol. The van der Waals surface area contributed by atoms with Gasteiger partial charge < -0.3 is 15.1 Å². The van der Waals surface area contributed by atoms with Crippen LogP contribution in [0.3, 0.4) is 0 Å². The maximum Gasteiger partial charge on any atom is 0.262 e. The average Bonchev–Trinajstić information content (AvgIpc) is 3.34. The summed E-state index contributed by atoms with van der Waals surface area (Å²) < 4.78 is 0. The van der Waals surface area contributed by atoms with Gasteiger partial charge in [-0.25, -0.2) is 4.98 Å². The smallest absolute Gasteiger partial charge is 0.262 e. The second-order valence-corrected chi connectivity index (χ2v) is 7.06. The molecule has 1 N–H and O–H groups in total. The van der Waals surface area contributed by atoms with Gasteiger partial charge in [-0.1, -0.05) is 25.1 Å². The monoisotopic (exact) mass is 364 g/mol. The molecule has 2 aliphatic heterocycles. The van der Waals surface area contributed by atoms with Crippen molar-refractivity contribution in [2.45, 2.75) is 32.2 Å². The van der Waals surface area contributed by atoms with E-state index in [0.29, 0.717) is 30.9 Å². The molecule has 1 unspecified atom stereocenters. The topological polar surface area (TPSA) is 65.5 Å². The molecular weight excluding hydrogens is 340 g/mol. The van der Waals surface area contributed by atoms with Gasteiger partial charge in [0.2, 0.25) is 5.91 Å². The molecule has 0 spiro atoms. The largest absolute Gasteiger partial charge is 0.365 e. The number of pyridine rings is 1. The summed E-state index contributed by atoms with van der Waals surface area (Å²) in [7, 11) is 0. The van der Waals surface area contributed by atoms with Crippen LogP contribution in [0, 0.1) is 0 Å². The quantitative estimate of drug-likeness (QED) is 0.906. The maximum absolute atomic E-state index is 13.2. The molecule has 0 aliphatic carbocycles. The summed E-state index contributed by atoms with van der Waals surface area (Å²) in [5.74, 6) is 0.739. The predicted octanol–water partition coefficient (Wildman–Crippen LogP) is 2.71. The summed E-state index contributed by atoms with van der Waals surface area (Å²) in [6.07, 6.45) is 3.96. The lowest BCUT2D eigenvalue weighted by molar-refractivity contribution is -0.129. The van der Waals surface area contributed by atoms with E-state index in [0.717, 1.165) is 25.1 Å². The van der Waals surface area contributed by atoms with Crippen molar-refractivity contribution >= 4 is 23.3 Å². The van der Waals surface area contributed by atoms with Crippen LogP contribution in [0.25, 0.3) is 0 Å². The first-order valence-electron chi connectivity index (χ1n) is 9.56. The highest BCUT2D eigenvalue weighted by Gasteiger charge is 2.29. The Balaban J connectivity index is 1.52. The van der Waals surface area contributed by atoms with Crippen LogP contribution in [-0.2, 0) is 11.2 Å². The Labute approximate surface area is 159 Å². The van der Waals surface area contributed by atoms with Crippen molar-refractivity contribution in [1.29, 1.82) is 0 Å². The Hall–Kier alpha value is -2.89. The number of amides is 2. The molecule has 1 aromatic heterocycles. The lowest BCUT2D eigenvalue weighted by Gasteiger charge is -2.21. The fourth-order valence-corrected chi connectivity index (χ4v) is 3.91. The van der Waals surface area contributed by atoms with Crippen LogP contribution in [0.4, 0.5) is 11.5 Å². The molecule has 6 heteroatoms. The zero-order chi connectivity index (χ0) is 18.8. The Kier molecular flexibility index (Phi) is 4.79. The Bertz CT molecular complexity index is 867. The number of rotatable bonds is 4. The molecule has 1 atom stereocenters. The standard InChI is InChI=1S/C21H24N4O2/c1-2-19(26)24-12-10-16(14-24)23-20-17(7-5-11-22-20)21(27)25-13-9-15-6-3-4-8-18(15)25/h3-8,11,16H,2,9-10,12-14H2,1H3,(H,22,23). The number of aromatic nitrogens is 1. The molecule has 3 heterocycles. The van der Waals surface area contributed by atoms with Crippen LogP contribution in [0.5, 0.6) is 0 Å². The lowest BCUT2D eigenvalue weighted by atomic mass is 10.1. The highest BCUT2D eigenvalue weighted by molar-refractivity contribution is 6.10. The normalized spacial score (nSPS) is 18.5. The molecule has 1 fully saturated rings. The van der Waals surface area contributed by atoms with E-state index in [1.807, 2.05) is 41.0 Å². The second kappa shape index (κ2) is 7.39. The summed E-state index contributed by atoms with van der Waals surface area (Å²) >= 11 is 0. The number of hydrogen-bond acceptors (Lipinski definition) is 4. The number of fused-ring (bicyclic) bond motifs is 1. The fraction of sp³-hybridized carbons (Fsp3) is 0.381. The number of carbonyl (C=O) groups excluding carboxylic acids is 2. The molecule has 2 aliphatic rings. The van der Waals surface area contributed by atoms with Crippen molar-refractivity contribution < 1.29 is 9.59 Å². The lowest BCUT2D eigenvalue weighted by Crippen LogP contribution is -2.33. The van der Waals surface area contributed by atoms with Gasteiger partial charge in [0, 0.05) is 44.0 Å². The molecule has 0 bridgehead atoms. The van der Waals surface area contributed by atoms with Crippen molar-refractivity contribution in [3.05, 3.63) is 53.7 Å². The van der Waals surface area contributed by atoms with E-state index in [1.54, 1.807) is 12.3 Å². The summed E-state index contributed by atoms with van der Waals surface area (Å²) in [5.41, 5.74) is 2.76. The van der Waals surface area contributed by atoms with E-state index in [-0.39, 0.29) is 17.9 Å². The zero-order valence-corrected chi connectivity index (χ0v) is 15.5. The summed E-state index contributed by atoms with van der Waals surface area (Å²) in [6, 6.07) is 11.8. The number of likely N-dealkylation sites (tertiary alicyclic amines) is 1. The van der Waals surface area contributed by atoms with Gasteiger partial charge in [0.25, 0.3) is 5.91 Å². The minimum Gasteiger partial charge on any atom is -0.365 e. The van der Waals surface area contributed by atoms with Gasteiger partial charge in [0.15, 0.2) is 0 Å². The SMILES string of the molecule is CCC(=O)N1CCC(Nc2ncccc2C(=O)N2CCc3ccccc32)C1. The van der Waals surface area contributed by atoms with Gasteiger partial charge in [0.1, 0.15) is 5.82 Å². The van der Waals surface area contributed by atoms with Crippen molar-refractivity contribution in [3.63, 3.8) is 0 Å². The van der Waals surface area contributed by atoms with Gasteiger partial charge in [-0.2, -0.15) is 0 Å². The first-order chi connectivity index (χ1) is 13.2. The van der Waals surface area contributed by atoms with Gasteiger partial charge in [-0.3, -0.25) is 9.59 Å². The van der Waals surface area contributed by atoms with E-state index in [1.165, 1.54) is 5.56 Å². The molecular formula is C21H24N4O2. The molecule has 2 amide bonds. The number of anilines is 2. The highest BCUT2D eigenvalue weighted by atomic mass is 16.2. The van der Waals surface area contributed by atoms with Crippen molar-refractivity contribution in [2.75, 3.05) is 29.9 Å². The van der Waals surface area contributed by atoms with Crippen molar-refractivity contribution in [1.82, 2.24) is 9.88 Å². The predicted molar refractivity (Wildman–Crippen MR) is 105 cm³/mol. The van der Waals surface area contributed by atoms with E-state index in [2.05, 4.69) is 16.4 Å². The highest BCUT2D eigenvalue weighted by Crippen LogP contribution is 2.30. The third-order valence-electron chi connectivity index (χ3n) is 5.35. The summed E-state index contributed by atoms with van der Waals surface area (Å²) in [4.78, 5) is 33.2. The number of para-hydroxylation sites is 1. The zero-order valence-electron chi connectivity index (χ0n) is 15.5. The Morgan fingerprint density at radius 2 is 2.04 bits per heavy atom. The fourth-order valence-electron chi connectivity index (χ4n) is 3.91. The van der Waals surface area contributed by atoms with Crippen LogP contribution in [0.1, 0.15) is 35.7 Å². The Morgan fingerprint density at radius 1 is 1.19 bits per heavy atom. The van der Waals surface area contributed by atoms with Crippen LogP contribution in [-0.4, -0.2) is 47.4 Å².